The lowest BCUT2D eigenvalue weighted by atomic mass is 10.3. The summed E-state index contributed by atoms with van der Waals surface area (Å²) in [6.45, 7) is 0. The van der Waals surface area contributed by atoms with Crippen molar-refractivity contribution in [2.24, 2.45) is 5.84 Å². The Morgan fingerprint density at radius 3 is 2.84 bits per heavy atom. The normalized spacial score (nSPS) is 11.3. The van der Waals surface area contributed by atoms with E-state index in [-0.39, 0.29) is 23.3 Å². The number of para-hydroxylation sites is 2. The van der Waals surface area contributed by atoms with Gasteiger partial charge in [-0.3, -0.25) is 14.8 Å². The monoisotopic (exact) mass is 265 g/mol. The predicted octanol–water partition coefficient (Wildman–Crippen LogP) is 0.642. The highest BCUT2D eigenvalue weighted by atomic mass is 19.3. The third kappa shape index (κ3) is 2.00. The van der Waals surface area contributed by atoms with Gasteiger partial charge in [0.25, 0.3) is 0 Å². The number of carbonyl (C=O) groups is 1. The van der Waals surface area contributed by atoms with Crippen LogP contribution in [0.15, 0.2) is 24.3 Å². The Balaban J connectivity index is 2.73. The molecular weight excluding hydrogens is 256 g/mol. The minimum atomic E-state index is -3.92. The maximum absolute atomic E-state index is 14.0. The number of nitrogens with zero attached hydrogens (tertiary/aromatic N) is 3. The van der Waals surface area contributed by atoms with Crippen LogP contribution in [0.1, 0.15) is 5.82 Å². The van der Waals surface area contributed by atoms with E-state index in [0.717, 1.165) is 0 Å². The Hall–Kier alpha value is -2.53. The van der Waals surface area contributed by atoms with Crippen LogP contribution in [0.2, 0.25) is 0 Å². The van der Waals surface area contributed by atoms with E-state index in [4.69, 9.17) is 11.1 Å². The van der Waals surface area contributed by atoms with Crippen molar-refractivity contribution in [3.63, 3.8) is 0 Å². The standard InChI is InChI=1S/C11H9F2N5O/c12-11(13,10(19)17-15)18-8-4-2-1-3-7(8)16-9(18)5-6-14/h1-4H,5,15H2,(H,17,19). The van der Waals surface area contributed by atoms with Gasteiger partial charge in [-0.25, -0.2) is 10.8 Å². The van der Waals surface area contributed by atoms with Gasteiger partial charge in [0, 0.05) is 0 Å². The van der Waals surface area contributed by atoms with Crippen molar-refractivity contribution in [2.45, 2.75) is 12.5 Å². The van der Waals surface area contributed by atoms with Gasteiger partial charge >= 0.3 is 12.0 Å². The molecule has 8 heteroatoms. The summed E-state index contributed by atoms with van der Waals surface area (Å²) in [5.41, 5.74) is 1.74. The van der Waals surface area contributed by atoms with Gasteiger partial charge in [-0.2, -0.15) is 14.0 Å². The zero-order valence-corrected chi connectivity index (χ0v) is 9.60. The molecule has 0 unspecified atom stereocenters. The molecular formula is C11H9F2N5O. The fourth-order valence-electron chi connectivity index (χ4n) is 1.77. The number of amides is 1. The molecule has 0 saturated carbocycles. The largest absolute Gasteiger partial charge is 0.411 e. The summed E-state index contributed by atoms with van der Waals surface area (Å²) >= 11 is 0. The zero-order valence-electron chi connectivity index (χ0n) is 9.60. The first kappa shape index (κ1) is 12.9. The van der Waals surface area contributed by atoms with Crippen LogP contribution < -0.4 is 11.3 Å². The van der Waals surface area contributed by atoms with E-state index in [9.17, 15) is 13.6 Å². The molecule has 0 spiro atoms. The van der Waals surface area contributed by atoms with Crippen LogP contribution >= 0.6 is 0 Å². The highest BCUT2D eigenvalue weighted by Crippen LogP contribution is 2.29. The number of nitrogens with two attached hydrogens (primary N) is 1. The van der Waals surface area contributed by atoms with Crippen molar-refractivity contribution in [1.82, 2.24) is 15.0 Å². The summed E-state index contributed by atoms with van der Waals surface area (Å²) in [5, 5.41) is 8.66. The molecule has 0 aliphatic rings. The average molecular weight is 265 g/mol. The third-order valence-corrected chi connectivity index (χ3v) is 2.55. The van der Waals surface area contributed by atoms with Crippen LogP contribution in [-0.4, -0.2) is 15.5 Å². The maximum atomic E-state index is 14.0. The van der Waals surface area contributed by atoms with Gasteiger partial charge in [0.05, 0.1) is 23.5 Å². The fraction of sp³-hybridized carbons (Fsp3) is 0.182. The molecule has 0 aliphatic carbocycles. The number of benzene rings is 1. The first-order valence-electron chi connectivity index (χ1n) is 5.25. The molecule has 3 N–H and O–H groups in total. The molecule has 6 nitrogen and oxygen atoms in total. The maximum Gasteiger partial charge on any atom is 0.411 e. The summed E-state index contributed by atoms with van der Waals surface area (Å²) in [7, 11) is 0. The van der Waals surface area contributed by atoms with Crippen LogP contribution in [0.4, 0.5) is 8.78 Å². The second-order valence-electron chi connectivity index (χ2n) is 3.70. The van der Waals surface area contributed by atoms with Crippen molar-refractivity contribution in [1.29, 1.82) is 5.26 Å². The molecule has 0 atom stereocenters. The van der Waals surface area contributed by atoms with E-state index in [0.29, 0.717) is 4.57 Å². The number of carbonyl (C=O) groups excluding carboxylic acids is 1. The zero-order chi connectivity index (χ0) is 14.0. The van der Waals surface area contributed by atoms with Gasteiger partial charge in [-0.15, -0.1) is 0 Å². The summed E-state index contributed by atoms with van der Waals surface area (Å²) < 4.78 is 28.5. The summed E-state index contributed by atoms with van der Waals surface area (Å²) in [6.07, 6.45) is -0.345. The predicted molar refractivity (Wildman–Crippen MR) is 61.6 cm³/mol. The number of hydrogen-bond donors (Lipinski definition) is 2. The van der Waals surface area contributed by atoms with E-state index in [1.54, 1.807) is 12.1 Å². The molecule has 1 heterocycles. The van der Waals surface area contributed by atoms with Crippen molar-refractivity contribution in [3.8, 4) is 6.07 Å². The number of hydrazine groups is 1. The third-order valence-electron chi connectivity index (χ3n) is 2.55. The van der Waals surface area contributed by atoms with Crippen LogP contribution in [0.5, 0.6) is 0 Å². The number of halogens is 2. The Morgan fingerprint density at radius 2 is 2.21 bits per heavy atom. The second kappa shape index (κ2) is 4.62. The number of nitriles is 1. The summed E-state index contributed by atoms with van der Waals surface area (Å²) in [6, 6.07) is 3.88. The van der Waals surface area contributed by atoms with Gasteiger partial charge in [0.15, 0.2) is 0 Å². The SMILES string of the molecule is N#CCc1nc2ccccc2n1C(F)(F)C(=O)NN. The quantitative estimate of drug-likeness (QED) is 0.483. The molecule has 98 valence electrons. The number of imidazole rings is 1. The molecule has 2 aromatic rings. The number of alkyl halides is 2. The van der Waals surface area contributed by atoms with Crippen LogP contribution in [0, 0.1) is 11.3 Å². The molecule has 0 bridgehead atoms. The number of aromatic nitrogens is 2. The highest BCUT2D eigenvalue weighted by molar-refractivity contribution is 5.84. The minimum absolute atomic E-state index is 0.0568. The Morgan fingerprint density at radius 1 is 1.53 bits per heavy atom. The number of nitrogens with one attached hydrogen (secondary N) is 1. The van der Waals surface area contributed by atoms with Crippen LogP contribution in [-0.2, 0) is 17.3 Å². The van der Waals surface area contributed by atoms with Crippen molar-refractivity contribution in [3.05, 3.63) is 30.1 Å². The van der Waals surface area contributed by atoms with E-state index in [2.05, 4.69) is 4.98 Å². The number of fused-ring (bicyclic) bond motifs is 1. The lowest BCUT2D eigenvalue weighted by Crippen LogP contribution is -2.46. The Kier molecular flexibility index (Phi) is 3.14. The molecule has 0 radical (unpaired) electrons. The lowest BCUT2D eigenvalue weighted by molar-refractivity contribution is -0.160. The van der Waals surface area contributed by atoms with Gasteiger partial charge in [-0.1, -0.05) is 12.1 Å². The molecule has 19 heavy (non-hydrogen) atoms. The highest BCUT2D eigenvalue weighted by Gasteiger charge is 2.43. The van der Waals surface area contributed by atoms with Crippen molar-refractivity contribution >= 4 is 16.9 Å². The van der Waals surface area contributed by atoms with E-state index < -0.39 is 12.0 Å². The first-order chi connectivity index (χ1) is 9.02. The van der Waals surface area contributed by atoms with E-state index >= 15 is 0 Å². The molecule has 0 aliphatic heterocycles. The Labute approximate surface area is 106 Å². The second-order valence-corrected chi connectivity index (χ2v) is 3.70. The molecule has 0 saturated heterocycles. The van der Waals surface area contributed by atoms with Gasteiger partial charge in [-0.05, 0) is 12.1 Å². The van der Waals surface area contributed by atoms with Gasteiger partial charge in [0.2, 0.25) is 0 Å². The average Bonchev–Trinajstić information content (AvgIpc) is 2.76. The van der Waals surface area contributed by atoms with Crippen LogP contribution in [0.25, 0.3) is 11.0 Å². The van der Waals surface area contributed by atoms with E-state index in [1.165, 1.54) is 23.6 Å². The fourth-order valence-corrected chi connectivity index (χ4v) is 1.77. The minimum Gasteiger partial charge on any atom is -0.287 e. The lowest BCUT2D eigenvalue weighted by Gasteiger charge is -2.18. The summed E-state index contributed by atoms with van der Waals surface area (Å²) in [5.74, 6) is 2.89. The topological polar surface area (TPSA) is 96.7 Å². The summed E-state index contributed by atoms with van der Waals surface area (Å²) in [4.78, 5) is 15.1. The van der Waals surface area contributed by atoms with Crippen LogP contribution in [0.3, 0.4) is 0 Å². The van der Waals surface area contributed by atoms with E-state index in [1.807, 2.05) is 0 Å². The van der Waals surface area contributed by atoms with Gasteiger partial charge < -0.3 is 0 Å². The Bertz CT molecular complexity index is 673. The number of hydrogen-bond acceptors (Lipinski definition) is 4. The molecule has 2 rings (SSSR count). The molecule has 1 aromatic carbocycles. The van der Waals surface area contributed by atoms with Gasteiger partial charge in [0.1, 0.15) is 5.82 Å². The smallest absolute Gasteiger partial charge is 0.287 e. The van der Waals surface area contributed by atoms with Crippen molar-refractivity contribution < 1.29 is 13.6 Å². The molecule has 1 aromatic heterocycles. The molecule has 1 amide bonds. The first-order valence-corrected chi connectivity index (χ1v) is 5.25. The van der Waals surface area contributed by atoms with Crippen molar-refractivity contribution in [2.75, 3.05) is 0 Å². The number of rotatable bonds is 3. The molecule has 0 fully saturated rings.